The summed E-state index contributed by atoms with van der Waals surface area (Å²) in [7, 11) is -0.938. The Morgan fingerprint density at radius 3 is 2.53 bits per heavy atom. The van der Waals surface area contributed by atoms with Gasteiger partial charge in [0.05, 0.1) is 0 Å². The van der Waals surface area contributed by atoms with Gasteiger partial charge in [-0.25, -0.2) is 17.2 Å². The Morgan fingerprint density at radius 2 is 2.00 bits per heavy atom. The molecule has 0 heterocycles. The molecule has 1 N–H and O–H groups in total. The Hall–Kier alpha value is -1.05. The number of halogens is 2. The van der Waals surface area contributed by atoms with E-state index < -0.39 is 26.6 Å². The van der Waals surface area contributed by atoms with E-state index in [0.717, 1.165) is 29.3 Å². The molecule has 0 amide bonds. The summed E-state index contributed by atoms with van der Waals surface area (Å²) in [6, 6.07) is 1.91. The van der Waals surface area contributed by atoms with Crippen LogP contribution in [0.1, 0.15) is 18.4 Å². The quantitative estimate of drug-likeness (QED) is 0.893. The fourth-order valence-corrected chi connectivity index (χ4v) is 3.41. The summed E-state index contributed by atoms with van der Waals surface area (Å²) in [6.07, 6.45) is 1.56. The predicted octanol–water partition coefficient (Wildman–Crippen LogP) is 1.47. The molecule has 4 nitrogen and oxygen atoms in total. The summed E-state index contributed by atoms with van der Waals surface area (Å²) < 4.78 is 53.3. The fourth-order valence-electron chi connectivity index (χ4n) is 1.90. The SMILES string of the molecule is CNCc1c(F)ccc(S(=O)(=O)N(C)C2CC2)c1F. The van der Waals surface area contributed by atoms with Crippen LogP contribution in [0.25, 0.3) is 0 Å². The van der Waals surface area contributed by atoms with E-state index in [4.69, 9.17) is 0 Å². The van der Waals surface area contributed by atoms with Crippen LogP contribution >= 0.6 is 0 Å². The Balaban J connectivity index is 2.47. The lowest BCUT2D eigenvalue weighted by atomic mass is 10.2. The minimum Gasteiger partial charge on any atom is -0.315 e. The van der Waals surface area contributed by atoms with Crippen LogP contribution in [0.3, 0.4) is 0 Å². The number of sulfonamides is 1. The van der Waals surface area contributed by atoms with Gasteiger partial charge >= 0.3 is 0 Å². The number of nitrogens with one attached hydrogen (secondary N) is 1. The van der Waals surface area contributed by atoms with Crippen molar-refractivity contribution in [1.82, 2.24) is 9.62 Å². The number of hydrogen-bond acceptors (Lipinski definition) is 3. The van der Waals surface area contributed by atoms with Crippen LogP contribution in [-0.2, 0) is 16.6 Å². The van der Waals surface area contributed by atoms with Crippen molar-refractivity contribution < 1.29 is 17.2 Å². The van der Waals surface area contributed by atoms with Gasteiger partial charge in [-0.1, -0.05) is 0 Å². The topological polar surface area (TPSA) is 49.4 Å². The Morgan fingerprint density at radius 1 is 1.37 bits per heavy atom. The average Bonchev–Trinajstić information content (AvgIpc) is 3.17. The van der Waals surface area contributed by atoms with Gasteiger partial charge in [-0.2, -0.15) is 4.31 Å². The van der Waals surface area contributed by atoms with Crippen molar-refractivity contribution in [2.24, 2.45) is 0 Å². The molecular formula is C12H16F2N2O2S. The van der Waals surface area contributed by atoms with Crippen LogP contribution in [0.15, 0.2) is 17.0 Å². The monoisotopic (exact) mass is 290 g/mol. The van der Waals surface area contributed by atoms with Crippen molar-refractivity contribution in [3.63, 3.8) is 0 Å². The maximum absolute atomic E-state index is 14.2. The van der Waals surface area contributed by atoms with Crippen molar-refractivity contribution in [2.75, 3.05) is 14.1 Å². The van der Waals surface area contributed by atoms with Crippen LogP contribution in [0.2, 0.25) is 0 Å². The van der Waals surface area contributed by atoms with Crippen LogP contribution in [-0.4, -0.2) is 32.9 Å². The van der Waals surface area contributed by atoms with Gasteiger partial charge in [-0.15, -0.1) is 0 Å². The first-order valence-electron chi connectivity index (χ1n) is 5.99. The molecule has 2 rings (SSSR count). The van der Waals surface area contributed by atoms with E-state index in [2.05, 4.69) is 5.32 Å². The van der Waals surface area contributed by atoms with Crippen molar-refractivity contribution in [3.8, 4) is 0 Å². The highest BCUT2D eigenvalue weighted by molar-refractivity contribution is 7.89. The largest absolute Gasteiger partial charge is 0.315 e. The molecule has 1 saturated carbocycles. The minimum absolute atomic E-state index is 0.0613. The third kappa shape index (κ3) is 2.63. The molecule has 1 aromatic carbocycles. The molecule has 0 saturated heterocycles. The highest BCUT2D eigenvalue weighted by Gasteiger charge is 2.37. The molecule has 19 heavy (non-hydrogen) atoms. The smallest absolute Gasteiger partial charge is 0.245 e. The van der Waals surface area contributed by atoms with Gasteiger partial charge in [0, 0.05) is 25.2 Å². The van der Waals surface area contributed by atoms with E-state index in [1.54, 1.807) is 0 Å². The van der Waals surface area contributed by atoms with Gasteiger partial charge in [0.25, 0.3) is 0 Å². The van der Waals surface area contributed by atoms with Crippen LogP contribution in [0.5, 0.6) is 0 Å². The summed E-state index contributed by atoms with van der Waals surface area (Å²) >= 11 is 0. The summed E-state index contributed by atoms with van der Waals surface area (Å²) in [5.41, 5.74) is -0.257. The van der Waals surface area contributed by atoms with Gasteiger partial charge < -0.3 is 5.32 Å². The number of hydrogen-bond donors (Lipinski definition) is 1. The molecule has 106 valence electrons. The Kier molecular flexibility index (Phi) is 3.89. The summed E-state index contributed by atoms with van der Waals surface area (Å²) in [5.74, 6) is -1.76. The van der Waals surface area contributed by atoms with Crippen LogP contribution in [0, 0.1) is 11.6 Å². The molecule has 1 fully saturated rings. The number of rotatable bonds is 5. The van der Waals surface area contributed by atoms with Gasteiger partial charge in [0.2, 0.25) is 10.0 Å². The second kappa shape index (κ2) is 5.15. The lowest BCUT2D eigenvalue weighted by Crippen LogP contribution is -2.30. The van der Waals surface area contributed by atoms with Crippen molar-refractivity contribution in [1.29, 1.82) is 0 Å². The number of benzene rings is 1. The van der Waals surface area contributed by atoms with Gasteiger partial charge in [-0.3, -0.25) is 0 Å². The second-order valence-electron chi connectivity index (χ2n) is 4.62. The first-order chi connectivity index (χ1) is 8.89. The summed E-state index contributed by atoms with van der Waals surface area (Å²) in [4.78, 5) is -0.464. The van der Waals surface area contributed by atoms with Crippen molar-refractivity contribution in [2.45, 2.75) is 30.3 Å². The third-order valence-corrected chi connectivity index (χ3v) is 5.15. The zero-order valence-electron chi connectivity index (χ0n) is 10.8. The van der Waals surface area contributed by atoms with Gasteiger partial charge in [-0.05, 0) is 32.0 Å². The first kappa shape index (κ1) is 14.4. The van der Waals surface area contributed by atoms with E-state index >= 15 is 0 Å². The van der Waals surface area contributed by atoms with E-state index in [1.807, 2.05) is 0 Å². The lowest BCUT2D eigenvalue weighted by Gasteiger charge is -2.18. The lowest BCUT2D eigenvalue weighted by molar-refractivity contribution is 0.454. The summed E-state index contributed by atoms with van der Waals surface area (Å²) in [5, 5.41) is 2.62. The fraction of sp³-hybridized carbons (Fsp3) is 0.500. The molecule has 0 bridgehead atoms. The highest BCUT2D eigenvalue weighted by Crippen LogP contribution is 2.32. The van der Waals surface area contributed by atoms with Gasteiger partial charge in [0.15, 0.2) is 5.82 Å². The minimum atomic E-state index is -3.90. The van der Waals surface area contributed by atoms with Crippen molar-refractivity contribution in [3.05, 3.63) is 29.3 Å². The molecule has 0 aromatic heterocycles. The summed E-state index contributed by atoms with van der Waals surface area (Å²) in [6.45, 7) is -0.0613. The third-order valence-electron chi connectivity index (χ3n) is 3.22. The molecule has 1 aliphatic rings. The normalized spacial score (nSPS) is 16.1. The van der Waals surface area contributed by atoms with Crippen molar-refractivity contribution >= 4 is 10.0 Å². The Bertz CT molecular complexity index is 586. The predicted molar refractivity (Wildman–Crippen MR) is 67.1 cm³/mol. The van der Waals surface area contributed by atoms with E-state index in [0.29, 0.717) is 0 Å². The highest BCUT2D eigenvalue weighted by atomic mass is 32.2. The number of nitrogens with zero attached hydrogens (tertiary/aromatic N) is 1. The molecule has 0 radical (unpaired) electrons. The maximum Gasteiger partial charge on any atom is 0.245 e. The molecule has 0 spiro atoms. The zero-order chi connectivity index (χ0) is 14.2. The second-order valence-corrected chi connectivity index (χ2v) is 6.59. The maximum atomic E-state index is 14.2. The van der Waals surface area contributed by atoms with Crippen LogP contribution < -0.4 is 5.32 Å². The molecular weight excluding hydrogens is 274 g/mol. The molecule has 1 aliphatic carbocycles. The molecule has 7 heteroatoms. The average molecular weight is 290 g/mol. The van der Waals surface area contributed by atoms with E-state index in [9.17, 15) is 17.2 Å². The van der Waals surface area contributed by atoms with Crippen LogP contribution in [0.4, 0.5) is 8.78 Å². The Labute approximate surface area is 111 Å². The molecule has 0 aliphatic heterocycles. The van der Waals surface area contributed by atoms with E-state index in [1.165, 1.54) is 14.1 Å². The van der Waals surface area contributed by atoms with E-state index in [-0.39, 0.29) is 18.2 Å². The standard InChI is InChI=1S/C12H16F2N2O2S/c1-15-7-9-10(13)5-6-11(12(9)14)19(17,18)16(2)8-3-4-8/h5-6,8,15H,3-4,7H2,1-2H3. The first-order valence-corrected chi connectivity index (χ1v) is 7.43. The van der Waals surface area contributed by atoms with Gasteiger partial charge in [0.1, 0.15) is 10.7 Å². The zero-order valence-corrected chi connectivity index (χ0v) is 11.6. The molecule has 0 unspecified atom stereocenters. The molecule has 0 atom stereocenters. The molecule has 1 aromatic rings.